The van der Waals surface area contributed by atoms with Crippen LogP contribution in [0.15, 0.2) is 27.6 Å². The first-order valence-corrected chi connectivity index (χ1v) is 10.4. The molecule has 7 nitrogen and oxygen atoms in total. The number of anilines is 1. The van der Waals surface area contributed by atoms with Gasteiger partial charge in [-0.1, -0.05) is 0 Å². The molecule has 1 fully saturated rings. The molecule has 0 atom stereocenters. The maximum Gasteiger partial charge on any atom is 0.410 e. The number of carbonyl (C=O) groups is 1. The number of likely N-dealkylation sites (tertiary alicyclic amines) is 1. The van der Waals surface area contributed by atoms with Crippen molar-refractivity contribution in [1.29, 1.82) is 0 Å². The van der Waals surface area contributed by atoms with Gasteiger partial charge >= 0.3 is 6.09 Å². The number of nitrogens with one attached hydrogen (secondary N) is 1. The molecule has 1 aliphatic rings. The minimum absolute atomic E-state index is 0.0599. The lowest BCUT2D eigenvalue weighted by molar-refractivity contribution is 0.0210. The standard InChI is InChI=1S/C16H24BrN3O4S/c1-16(2,3)24-15(21)20-8-6-11(7-9-20)19-14-5-4-12(10-13(14)17)25(18,22)23/h4-5,10-11,19H,6-9H2,1-3H3,(H2,18,22,23). The Morgan fingerprint density at radius 1 is 1.32 bits per heavy atom. The summed E-state index contributed by atoms with van der Waals surface area (Å²) < 4.78 is 28.8. The smallest absolute Gasteiger partial charge is 0.410 e. The van der Waals surface area contributed by atoms with Crippen LogP contribution in [-0.4, -0.2) is 44.1 Å². The number of rotatable bonds is 3. The Hall–Kier alpha value is -1.32. The fourth-order valence-electron chi connectivity index (χ4n) is 2.54. The Balaban J connectivity index is 1.93. The summed E-state index contributed by atoms with van der Waals surface area (Å²) in [5.74, 6) is 0. The largest absolute Gasteiger partial charge is 0.444 e. The molecule has 3 N–H and O–H groups in total. The minimum Gasteiger partial charge on any atom is -0.444 e. The number of piperidine rings is 1. The molecule has 0 aromatic heterocycles. The number of nitrogens with zero attached hydrogens (tertiary/aromatic N) is 1. The molecule has 1 aromatic carbocycles. The van der Waals surface area contributed by atoms with Crippen molar-refractivity contribution in [2.45, 2.75) is 50.2 Å². The van der Waals surface area contributed by atoms with Gasteiger partial charge in [0.25, 0.3) is 0 Å². The van der Waals surface area contributed by atoms with Crippen LogP contribution < -0.4 is 10.5 Å². The zero-order valence-electron chi connectivity index (χ0n) is 14.6. The first-order chi connectivity index (χ1) is 11.5. The quantitative estimate of drug-likeness (QED) is 0.762. The van der Waals surface area contributed by atoms with Crippen molar-refractivity contribution in [2.24, 2.45) is 5.14 Å². The summed E-state index contributed by atoms with van der Waals surface area (Å²) in [4.78, 5) is 13.8. The summed E-state index contributed by atoms with van der Waals surface area (Å²) in [6.07, 6.45) is 1.27. The molecule has 0 saturated carbocycles. The Kier molecular flexibility index (Phi) is 6.01. The Morgan fingerprint density at radius 3 is 2.40 bits per heavy atom. The zero-order chi connectivity index (χ0) is 18.8. The normalized spacial score (nSPS) is 16.6. The summed E-state index contributed by atoms with van der Waals surface area (Å²) in [6, 6.07) is 4.82. The van der Waals surface area contributed by atoms with E-state index < -0.39 is 15.6 Å². The average molecular weight is 434 g/mol. The maximum absolute atomic E-state index is 12.1. The number of nitrogens with two attached hydrogens (primary N) is 1. The molecule has 140 valence electrons. The molecule has 9 heteroatoms. The van der Waals surface area contributed by atoms with Gasteiger partial charge in [0, 0.05) is 29.3 Å². The predicted molar refractivity (Wildman–Crippen MR) is 100.0 cm³/mol. The minimum atomic E-state index is -3.72. The lowest BCUT2D eigenvalue weighted by Crippen LogP contribution is -2.44. The van der Waals surface area contributed by atoms with Gasteiger partial charge in [-0.25, -0.2) is 18.4 Å². The van der Waals surface area contributed by atoms with Crippen LogP contribution in [0.25, 0.3) is 0 Å². The van der Waals surface area contributed by atoms with Crippen LogP contribution >= 0.6 is 15.9 Å². The fraction of sp³-hybridized carbons (Fsp3) is 0.562. The number of hydrogen-bond donors (Lipinski definition) is 2. The predicted octanol–water partition coefficient (Wildman–Crippen LogP) is 2.91. The van der Waals surface area contributed by atoms with Gasteiger partial charge < -0.3 is 15.0 Å². The third-order valence-corrected chi connectivity index (χ3v) is 5.34. The second-order valence-corrected chi connectivity index (χ2v) is 9.49. The number of amides is 1. The molecule has 0 radical (unpaired) electrons. The molecule has 0 aliphatic carbocycles. The van der Waals surface area contributed by atoms with E-state index in [1.54, 1.807) is 11.0 Å². The van der Waals surface area contributed by atoms with Gasteiger partial charge in [0.1, 0.15) is 5.60 Å². The molecular weight excluding hydrogens is 410 g/mol. The third kappa shape index (κ3) is 5.86. The number of hydrogen-bond acceptors (Lipinski definition) is 5. The van der Waals surface area contributed by atoms with E-state index in [0.29, 0.717) is 17.6 Å². The Labute approximate surface area is 157 Å². The SMILES string of the molecule is CC(C)(C)OC(=O)N1CCC(Nc2ccc(S(N)(=O)=O)cc2Br)CC1. The van der Waals surface area contributed by atoms with Gasteiger partial charge in [-0.15, -0.1) is 0 Å². The van der Waals surface area contributed by atoms with Gasteiger partial charge in [0.05, 0.1) is 4.90 Å². The highest BCUT2D eigenvalue weighted by atomic mass is 79.9. The summed E-state index contributed by atoms with van der Waals surface area (Å²) in [7, 11) is -3.72. The van der Waals surface area contributed by atoms with Crippen molar-refractivity contribution >= 4 is 37.7 Å². The van der Waals surface area contributed by atoms with E-state index in [1.165, 1.54) is 12.1 Å². The average Bonchev–Trinajstić information content (AvgIpc) is 2.47. The van der Waals surface area contributed by atoms with Crippen LogP contribution in [0, 0.1) is 0 Å². The number of primary sulfonamides is 1. The number of benzene rings is 1. The molecule has 1 aromatic rings. The summed E-state index contributed by atoms with van der Waals surface area (Å²) >= 11 is 3.37. The van der Waals surface area contributed by atoms with E-state index in [9.17, 15) is 13.2 Å². The molecule has 1 amide bonds. The molecule has 1 heterocycles. The van der Waals surface area contributed by atoms with Gasteiger partial charge in [-0.05, 0) is 67.7 Å². The summed E-state index contributed by atoms with van der Waals surface area (Å²) in [6.45, 7) is 6.77. The van der Waals surface area contributed by atoms with Gasteiger partial charge in [0.15, 0.2) is 0 Å². The molecule has 1 aliphatic heterocycles. The van der Waals surface area contributed by atoms with E-state index in [4.69, 9.17) is 9.88 Å². The van der Waals surface area contributed by atoms with Crippen LogP contribution in [0.3, 0.4) is 0 Å². The molecule has 0 bridgehead atoms. The number of ether oxygens (including phenoxy) is 1. The van der Waals surface area contributed by atoms with Crippen molar-refractivity contribution < 1.29 is 17.9 Å². The van der Waals surface area contributed by atoms with Gasteiger partial charge in [0.2, 0.25) is 10.0 Å². The third-order valence-electron chi connectivity index (χ3n) is 3.78. The lowest BCUT2D eigenvalue weighted by Gasteiger charge is -2.34. The van der Waals surface area contributed by atoms with Crippen molar-refractivity contribution in [3.8, 4) is 0 Å². The van der Waals surface area contributed by atoms with Crippen molar-refractivity contribution in [2.75, 3.05) is 18.4 Å². The molecule has 2 rings (SSSR count). The second-order valence-electron chi connectivity index (χ2n) is 7.07. The van der Waals surface area contributed by atoms with Crippen LogP contribution in [0.1, 0.15) is 33.6 Å². The highest BCUT2D eigenvalue weighted by molar-refractivity contribution is 9.10. The molecule has 0 unspecified atom stereocenters. The topological polar surface area (TPSA) is 102 Å². The van der Waals surface area contributed by atoms with E-state index in [2.05, 4.69) is 21.2 Å². The van der Waals surface area contributed by atoms with E-state index in [0.717, 1.165) is 18.5 Å². The first kappa shape index (κ1) is 20.0. The molecule has 0 spiro atoms. The Bertz CT molecular complexity index is 738. The van der Waals surface area contributed by atoms with Crippen LogP contribution in [0.2, 0.25) is 0 Å². The second kappa shape index (κ2) is 7.51. The lowest BCUT2D eigenvalue weighted by atomic mass is 10.0. The number of carbonyl (C=O) groups excluding carboxylic acids is 1. The van der Waals surface area contributed by atoms with E-state index >= 15 is 0 Å². The highest BCUT2D eigenvalue weighted by Gasteiger charge is 2.27. The highest BCUT2D eigenvalue weighted by Crippen LogP contribution is 2.27. The number of halogens is 1. The molecule has 25 heavy (non-hydrogen) atoms. The van der Waals surface area contributed by atoms with Crippen LogP contribution in [0.4, 0.5) is 10.5 Å². The van der Waals surface area contributed by atoms with Crippen molar-refractivity contribution in [3.05, 3.63) is 22.7 Å². The summed E-state index contributed by atoms with van der Waals surface area (Å²) in [5, 5.41) is 8.50. The van der Waals surface area contributed by atoms with Gasteiger partial charge in [-0.3, -0.25) is 0 Å². The summed E-state index contributed by atoms with van der Waals surface area (Å²) in [5.41, 5.74) is 0.297. The first-order valence-electron chi connectivity index (χ1n) is 8.02. The van der Waals surface area contributed by atoms with Crippen molar-refractivity contribution in [3.63, 3.8) is 0 Å². The van der Waals surface area contributed by atoms with Crippen LogP contribution in [-0.2, 0) is 14.8 Å². The monoisotopic (exact) mass is 433 g/mol. The van der Waals surface area contributed by atoms with Crippen molar-refractivity contribution in [1.82, 2.24) is 4.90 Å². The zero-order valence-corrected chi connectivity index (χ0v) is 17.0. The van der Waals surface area contributed by atoms with Crippen LogP contribution in [0.5, 0.6) is 0 Å². The van der Waals surface area contributed by atoms with E-state index in [-0.39, 0.29) is 17.0 Å². The number of sulfonamides is 1. The van der Waals surface area contributed by atoms with E-state index in [1.807, 2.05) is 20.8 Å². The Morgan fingerprint density at radius 2 is 1.92 bits per heavy atom. The fourth-order valence-corrected chi connectivity index (χ4v) is 3.73. The van der Waals surface area contributed by atoms with Gasteiger partial charge in [-0.2, -0.15) is 0 Å². The maximum atomic E-state index is 12.1. The molecule has 1 saturated heterocycles. The molecular formula is C16H24BrN3O4S.